The fourth-order valence-electron chi connectivity index (χ4n) is 9.91. The lowest BCUT2D eigenvalue weighted by molar-refractivity contribution is -0.161. The van der Waals surface area contributed by atoms with Crippen LogP contribution in [-0.4, -0.2) is 96.7 Å². The van der Waals surface area contributed by atoms with Crippen LogP contribution in [0.4, 0.5) is 0 Å². The molecule has 5 atom stereocenters. The van der Waals surface area contributed by atoms with E-state index in [9.17, 15) is 43.2 Å². The van der Waals surface area contributed by atoms with E-state index in [-0.39, 0.29) is 25.7 Å². The molecule has 0 fully saturated rings. The number of esters is 4. The largest absolute Gasteiger partial charge is 0.472 e. The highest BCUT2D eigenvalue weighted by atomic mass is 31.2. The molecule has 3 N–H and O–H groups in total. The molecule has 0 aliphatic carbocycles. The summed E-state index contributed by atoms with van der Waals surface area (Å²) in [7, 11) is -9.96. The molecule has 98 heavy (non-hydrogen) atoms. The summed E-state index contributed by atoms with van der Waals surface area (Å²) in [5.74, 6) is -2.22. The van der Waals surface area contributed by atoms with Gasteiger partial charge in [-0.3, -0.25) is 37.3 Å². The Kier molecular flexibility index (Phi) is 68.0. The van der Waals surface area contributed by atoms with Gasteiger partial charge in [0, 0.05) is 25.7 Å². The fraction of sp³-hybridized carbons (Fsp3) is 0.722. The van der Waals surface area contributed by atoms with E-state index in [4.69, 9.17) is 37.0 Å². The molecule has 17 nitrogen and oxygen atoms in total. The second-order valence-electron chi connectivity index (χ2n) is 25.2. The number of phosphoric acid groups is 2. The van der Waals surface area contributed by atoms with Crippen LogP contribution >= 0.6 is 15.6 Å². The minimum Gasteiger partial charge on any atom is -0.462 e. The smallest absolute Gasteiger partial charge is 0.462 e. The van der Waals surface area contributed by atoms with E-state index >= 15 is 0 Å². The average molecular weight is 1420 g/mol. The fourth-order valence-corrected chi connectivity index (χ4v) is 11.5. The Balaban J connectivity index is 5.35. The molecule has 0 amide bonds. The Morgan fingerprint density at radius 1 is 0.296 bits per heavy atom. The number of unbranched alkanes of at least 4 members (excludes halogenated alkanes) is 27. The van der Waals surface area contributed by atoms with Crippen LogP contribution in [0.5, 0.6) is 0 Å². The first-order valence-corrected chi connectivity index (χ1v) is 41.1. The quantitative estimate of drug-likeness (QED) is 0.0169. The number of rotatable bonds is 71. The highest BCUT2D eigenvalue weighted by molar-refractivity contribution is 7.47. The van der Waals surface area contributed by atoms with E-state index in [1.165, 1.54) is 32.1 Å². The van der Waals surface area contributed by atoms with Crippen LogP contribution in [-0.2, 0) is 65.4 Å². The van der Waals surface area contributed by atoms with Crippen LogP contribution in [0.1, 0.15) is 310 Å². The molecule has 0 aromatic carbocycles. The lowest BCUT2D eigenvalue weighted by Gasteiger charge is -2.21. The average Bonchev–Trinajstić information content (AvgIpc) is 0.986. The standard InChI is InChI=1S/C79H136O17P2/c1-5-9-13-17-21-25-29-32-35-36-39-41-45-48-52-56-60-64-77(82)90-70-75(96-79(84)66-62-58-54-50-46-42-38-34-31-27-23-19-15-11-7-3)72-94-98(87,88)92-68-73(80)67-91-97(85,86)93-71-74(95-78(83)65-61-57-53-49-43-28-24-20-16-12-8-4)69-89-76(81)63-59-55-51-47-44-40-37-33-30-26-22-18-14-10-6-2/h9,11,13,15,20-27,32-35,37-38,73-75,80H,5-8,10,12,14,16-19,28-31,36,39-72H2,1-4H3,(H,85,86)(H,87,88)/b13-9-,15-11-,24-20-,25-21-,26-22-,27-23-,35-32-,37-33-,38-34-. The van der Waals surface area contributed by atoms with E-state index in [0.717, 1.165) is 199 Å². The molecular formula is C79H136O17P2. The SMILES string of the molecule is CC/C=C\C/C=C\C/C=C\CCCCCCCCCC(=O)OCC(COP(=O)(O)OCC(O)COP(=O)(O)OCC(COC(=O)CCCCCCC/C=C\C/C=C\CCCCC)OC(=O)CCCCCCC/C=C\CCCC)OC(=O)CCCCCCC/C=C\C/C=C\C/C=C\CC. The summed E-state index contributed by atoms with van der Waals surface area (Å²) < 4.78 is 68.4. The van der Waals surface area contributed by atoms with Gasteiger partial charge in [0.25, 0.3) is 0 Å². The van der Waals surface area contributed by atoms with Crippen molar-refractivity contribution >= 4 is 39.5 Å². The lowest BCUT2D eigenvalue weighted by Crippen LogP contribution is -2.30. The topological polar surface area (TPSA) is 237 Å². The normalized spacial score (nSPS) is 14.6. The first kappa shape index (κ1) is 93.7. The van der Waals surface area contributed by atoms with Crippen LogP contribution in [0.2, 0.25) is 0 Å². The molecule has 0 aliphatic heterocycles. The van der Waals surface area contributed by atoms with Gasteiger partial charge in [-0.1, -0.05) is 253 Å². The molecule has 0 spiro atoms. The zero-order chi connectivity index (χ0) is 71.8. The zero-order valence-corrected chi connectivity index (χ0v) is 63.2. The second kappa shape index (κ2) is 71.1. The second-order valence-corrected chi connectivity index (χ2v) is 28.1. The molecule has 0 bridgehead atoms. The molecule has 0 saturated carbocycles. The van der Waals surface area contributed by atoms with Gasteiger partial charge in [0.2, 0.25) is 0 Å². The molecule has 0 aliphatic rings. The van der Waals surface area contributed by atoms with Gasteiger partial charge in [-0.05, 0) is 141 Å². The number of carbonyl (C=O) groups excluding carboxylic acids is 4. The first-order chi connectivity index (χ1) is 47.7. The van der Waals surface area contributed by atoms with Gasteiger partial charge in [-0.25, -0.2) is 9.13 Å². The Morgan fingerprint density at radius 3 is 0.857 bits per heavy atom. The van der Waals surface area contributed by atoms with Crippen molar-refractivity contribution in [2.75, 3.05) is 39.6 Å². The summed E-state index contributed by atoms with van der Waals surface area (Å²) in [5, 5.41) is 10.6. The Hall–Kier alpha value is -4.28. The van der Waals surface area contributed by atoms with E-state index in [1.54, 1.807) is 0 Å². The van der Waals surface area contributed by atoms with Crippen molar-refractivity contribution in [2.24, 2.45) is 0 Å². The number of ether oxygens (including phenoxy) is 4. The van der Waals surface area contributed by atoms with Gasteiger partial charge < -0.3 is 33.8 Å². The molecular weight excluding hydrogens is 1280 g/mol. The van der Waals surface area contributed by atoms with E-state index < -0.39 is 97.5 Å². The molecule has 0 radical (unpaired) electrons. The highest BCUT2D eigenvalue weighted by Crippen LogP contribution is 2.45. The number of hydrogen-bond donors (Lipinski definition) is 3. The third kappa shape index (κ3) is 70.2. The number of allylic oxidation sites excluding steroid dienone is 18. The Morgan fingerprint density at radius 2 is 0.541 bits per heavy atom. The van der Waals surface area contributed by atoms with Gasteiger partial charge in [0.15, 0.2) is 12.2 Å². The maximum absolute atomic E-state index is 13.1. The van der Waals surface area contributed by atoms with Crippen LogP contribution in [0.25, 0.3) is 0 Å². The zero-order valence-electron chi connectivity index (χ0n) is 61.4. The van der Waals surface area contributed by atoms with Gasteiger partial charge in [0.05, 0.1) is 26.4 Å². The van der Waals surface area contributed by atoms with Crippen molar-refractivity contribution in [1.29, 1.82) is 0 Å². The maximum Gasteiger partial charge on any atom is 0.472 e. The summed E-state index contributed by atoms with van der Waals surface area (Å²) >= 11 is 0. The monoisotopic (exact) mass is 1420 g/mol. The molecule has 0 rings (SSSR count). The van der Waals surface area contributed by atoms with Crippen molar-refractivity contribution in [3.8, 4) is 0 Å². The number of aliphatic hydroxyl groups is 1. The minimum absolute atomic E-state index is 0.0717. The molecule has 5 unspecified atom stereocenters. The van der Waals surface area contributed by atoms with Crippen molar-refractivity contribution in [1.82, 2.24) is 0 Å². The van der Waals surface area contributed by atoms with Gasteiger partial charge in [-0.15, -0.1) is 0 Å². The molecule has 0 heterocycles. The number of carbonyl (C=O) groups is 4. The summed E-state index contributed by atoms with van der Waals surface area (Å²) in [6.45, 7) is 4.54. The van der Waals surface area contributed by atoms with Crippen LogP contribution < -0.4 is 0 Å². The van der Waals surface area contributed by atoms with Crippen molar-refractivity contribution in [3.63, 3.8) is 0 Å². The predicted molar refractivity (Wildman–Crippen MR) is 399 cm³/mol. The third-order valence-electron chi connectivity index (χ3n) is 15.7. The lowest BCUT2D eigenvalue weighted by atomic mass is 10.1. The van der Waals surface area contributed by atoms with E-state index in [1.807, 2.05) is 0 Å². The van der Waals surface area contributed by atoms with Gasteiger partial charge in [-0.2, -0.15) is 0 Å². The molecule has 0 saturated heterocycles. The number of hydrogen-bond acceptors (Lipinski definition) is 15. The van der Waals surface area contributed by atoms with E-state index in [0.29, 0.717) is 25.7 Å². The van der Waals surface area contributed by atoms with Crippen molar-refractivity contribution in [2.45, 2.75) is 329 Å². The molecule has 564 valence electrons. The van der Waals surface area contributed by atoms with Crippen LogP contribution in [0, 0.1) is 0 Å². The summed E-state index contributed by atoms with van der Waals surface area (Å²) in [4.78, 5) is 72.8. The minimum atomic E-state index is -4.98. The predicted octanol–water partition coefficient (Wildman–Crippen LogP) is 21.8. The van der Waals surface area contributed by atoms with Crippen LogP contribution in [0.15, 0.2) is 109 Å². The van der Waals surface area contributed by atoms with Crippen LogP contribution in [0.3, 0.4) is 0 Å². The van der Waals surface area contributed by atoms with Crippen molar-refractivity contribution < 1.29 is 80.2 Å². The van der Waals surface area contributed by atoms with Gasteiger partial charge >= 0.3 is 39.5 Å². The van der Waals surface area contributed by atoms with Crippen molar-refractivity contribution in [3.05, 3.63) is 109 Å². The summed E-state index contributed by atoms with van der Waals surface area (Å²) in [6.07, 6.45) is 75.1. The highest BCUT2D eigenvalue weighted by Gasteiger charge is 2.30. The number of phosphoric ester groups is 2. The summed E-state index contributed by atoms with van der Waals surface area (Å²) in [6, 6.07) is 0. The van der Waals surface area contributed by atoms with Gasteiger partial charge in [0.1, 0.15) is 19.3 Å². The molecule has 19 heteroatoms. The maximum atomic E-state index is 13.1. The molecule has 0 aromatic rings. The number of aliphatic hydroxyl groups excluding tert-OH is 1. The summed E-state index contributed by atoms with van der Waals surface area (Å²) in [5.41, 5.74) is 0. The third-order valence-corrected chi connectivity index (χ3v) is 17.6. The first-order valence-electron chi connectivity index (χ1n) is 38.1. The Bertz CT molecular complexity index is 2290. The molecule has 0 aromatic heterocycles. The Labute approximate surface area is 594 Å². The van der Waals surface area contributed by atoms with E-state index in [2.05, 4.69) is 137 Å².